The van der Waals surface area contributed by atoms with E-state index in [1.807, 2.05) is 0 Å². The number of anilines is 1. The van der Waals surface area contributed by atoms with E-state index < -0.39 is 6.36 Å². The van der Waals surface area contributed by atoms with E-state index in [0.717, 1.165) is 12.1 Å². The van der Waals surface area contributed by atoms with Gasteiger partial charge in [-0.2, -0.15) is 0 Å². The van der Waals surface area contributed by atoms with Gasteiger partial charge in [0.25, 0.3) is 0 Å². The molecule has 0 unspecified atom stereocenters. The molecule has 4 nitrogen and oxygen atoms in total. The summed E-state index contributed by atoms with van der Waals surface area (Å²) in [7, 11) is 1.70. The van der Waals surface area contributed by atoms with Crippen LogP contribution in [0.25, 0.3) is 0 Å². The Balaban J connectivity index is 2.62. The quantitative estimate of drug-likeness (QED) is 0.854. The summed E-state index contributed by atoms with van der Waals surface area (Å²) in [5.74, 6) is -0.651. The molecule has 0 aliphatic carbocycles. The number of carbonyl (C=O) groups excluding carboxylic acids is 1. The Morgan fingerprint density at radius 1 is 1.39 bits per heavy atom. The van der Waals surface area contributed by atoms with Crippen LogP contribution in [0.5, 0.6) is 5.75 Å². The van der Waals surface area contributed by atoms with Gasteiger partial charge in [-0.1, -0.05) is 6.07 Å². The molecule has 18 heavy (non-hydrogen) atoms. The summed E-state index contributed by atoms with van der Waals surface area (Å²) in [5, 5.41) is 5.27. The zero-order valence-electron chi connectivity index (χ0n) is 9.67. The fourth-order valence-electron chi connectivity index (χ4n) is 1.23. The van der Waals surface area contributed by atoms with Crippen molar-refractivity contribution in [3.8, 4) is 5.75 Å². The minimum Gasteiger partial charge on any atom is -0.406 e. The van der Waals surface area contributed by atoms with Crippen molar-refractivity contribution in [2.24, 2.45) is 0 Å². The number of carbonyl (C=O) groups is 1. The van der Waals surface area contributed by atoms with Crippen LogP contribution in [-0.2, 0) is 4.79 Å². The zero-order chi connectivity index (χ0) is 13.6. The second kappa shape index (κ2) is 6.25. The van der Waals surface area contributed by atoms with Gasteiger partial charge >= 0.3 is 6.36 Å². The van der Waals surface area contributed by atoms with Crippen molar-refractivity contribution in [2.75, 3.05) is 18.9 Å². The van der Waals surface area contributed by atoms with Crippen molar-refractivity contribution in [1.82, 2.24) is 5.32 Å². The van der Waals surface area contributed by atoms with Gasteiger partial charge < -0.3 is 15.4 Å². The molecule has 0 aromatic heterocycles. The number of hydrogen-bond donors (Lipinski definition) is 2. The van der Waals surface area contributed by atoms with Crippen molar-refractivity contribution in [1.29, 1.82) is 0 Å². The van der Waals surface area contributed by atoms with Gasteiger partial charge in [0.15, 0.2) is 0 Å². The summed E-state index contributed by atoms with van der Waals surface area (Å²) >= 11 is 0. The van der Waals surface area contributed by atoms with E-state index in [1.54, 1.807) is 7.05 Å². The molecule has 0 spiro atoms. The normalized spacial score (nSPS) is 11.1. The molecular formula is C11H13F3N2O2. The van der Waals surface area contributed by atoms with Gasteiger partial charge in [-0.15, -0.1) is 13.2 Å². The summed E-state index contributed by atoms with van der Waals surface area (Å²) in [4.78, 5) is 11.4. The van der Waals surface area contributed by atoms with Gasteiger partial charge in [0, 0.05) is 24.7 Å². The average Bonchev–Trinajstić information content (AvgIpc) is 2.24. The Hall–Kier alpha value is -1.76. The number of nitrogens with one attached hydrogen (secondary N) is 2. The molecule has 0 fully saturated rings. The highest BCUT2D eigenvalue weighted by atomic mass is 19.4. The van der Waals surface area contributed by atoms with Crippen molar-refractivity contribution in [2.45, 2.75) is 12.8 Å². The molecular weight excluding hydrogens is 249 g/mol. The lowest BCUT2D eigenvalue weighted by molar-refractivity contribution is -0.274. The van der Waals surface area contributed by atoms with E-state index in [4.69, 9.17) is 0 Å². The highest BCUT2D eigenvalue weighted by Gasteiger charge is 2.31. The maximum absolute atomic E-state index is 12.0. The second-order valence-corrected chi connectivity index (χ2v) is 3.48. The molecule has 1 aromatic rings. The topological polar surface area (TPSA) is 50.4 Å². The summed E-state index contributed by atoms with van der Waals surface area (Å²) in [5.41, 5.74) is 0.262. The second-order valence-electron chi connectivity index (χ2n) is 3.48. The fourth-order valence-corrected chi connectivity index (χ4v) is 1.23. The third-order valence-corrected chi connectivity index (χ3v) is 1.95. The summed E-state index contributed by atoms with van der Waals surface area (Å²) in [6.45, 7) is 0.491. The minimum absolute atomic E-state index is 0.237. The van der Waals surface area contributed by atoms with Crippen LogP contribution in [0.2, 0.25) is 0 Å². The predicted molar refractivity (Wildman–Crippen MR) is 60.3 cm³/mol. The standard InChI is InChI=1S/C11H13F3N2O2/c1-15-6-5-10(17)16-8-3-2-4-9(7-8)18-11(12,13)14/h2-4,7,15H,5-6H2,1H3,(H,16,17). The summed E-state index contributed by atoms with van der Waals surface area (Å²) in [6, 6.07) is 5.14. The van der Waals surface area contributed by atoms with Gasteiger partial charge in [-0.25, -0.2) is 0 Å². The third-order valence-electron chi connectivity index (χ3n) is 1.95. The molecule has 2 N–H and O–H groups in total. The van der Waals surface area contributed by atoms with E-state index in [9.17, 15) is 18.0 Å². The highest BCUT2D eigenvalue weighted by Crippen LogP contribution is 2.24. The average molecular weight is 262 g/mol. The maximum atomic E-state index is 12.0. The zero-order valence-corrected chi connectivity index (χ0v) is 9.67. The van der Waals surface area contributed by atoms with Crippen LogP contribution in [0.1, 0.15) is 6.42 Å². The first-order chi connectivity index (χ1) is 8.40. The molecule has 7 heteroatoms. The van der Waals surface area contributed by atoms with Crippen molar-refractivity contribution >= 4 is 11.6 Å². The number of benzene rings is 1. The molecule has 1 amide bonds. The Kier molecular flexibility index (Phi) is 4.96. The Labute approximate surface area is 102 Å². The number of hydrogen-bond acceptors (Lipinski definition) is 3. The van der Waals surface area contributed by atoms with E-state index in [1.165, 1.54) is 12.1 Å². The SMILES string of the molecule is CNCCC(=O)Nc1cccc(OC(F)(F)F)c1. The molecule has 0 saturated heterocycles. The molecule has 0 aliphatic heterocycles. The number of amides is 1. The van der Waals surface area contributed by atoms with Gasteiger partial charge in [0.05, 0.1) is 0 Å². The van der Waals surface area contributed by atoms with Gasteiger partial charge in [-0.3, -0.25) is 4.79 Å². The van der Waals surface area contributed by atoms with Crippen LogP contribution in [0, 0.1) is 0 Å². The molecule has 1 aromatic carbocycles. The first-order valence-electron chi connectivity index (χ1n) is 5.21. The van der Waals surface area contributed by atoms with Crippen LogP contribution in [0.15, 0.2) is 24.3 Å². The van der Waals surface area contributed by atoms with Crippen LogP contribution in [0.3, 0.4) is 0 Å². The minimum atomic E-state index is -4.74. The maximum Gasteiger partial charge on any atom is 0.573 e. The largest absolute Gasteiger partial charge is 0.573 e. The van der Waals surface area contributed by atoms with E-state index in [0.29, 0.717) is 6.54 Å². The smallest absolute Gasteiger partial charge is 0.406 e. The molecule has 0 aliphatic rings. The van der Waals surface area contributed by atoms with Crippen molar-refractivity contribution < 1.29 is 22.7 Å². The van der Waals surface area contributed by atoms with Gasteiger partial charge in [-0.05, 0) is 19.2 Å². The number of rotatable bonds is 5. The number of alkyl halides is 3. The summed E-state index contributed by atoms with van der Waals surface area (Å²) < 4.78 is 39.7. The summed E-state index contributed by atoms with van der Waals surface area (Å²) in [6.07, 6.45) is -4.50. The van der Waals surface area contributed by atoms with Gasteiger partial charge in [0.2, 0.25) is 5.91 Å². The van der Waals surface area contributed by atoms with Crippen LogP contribution >= 0.6 is 0 Å². The molecule has 0 atom stereocenters. The van der Waals surface area contributed by atoms with Crippen LogP contribution in [0.4, 0.5) is 18.9 Å². The molecule has 0 saturated carbocycles. The van der Waals surface area contributed by atoms with Crippen molar-refractivity contribution in [3.05, 3.63) is 24.3 Å². The molecule has 0 radical (unpaired) electrons. The highest BCUT2D eigenvalue weighted by molar-refractivity contribution is 5.90. The number of ether oxygens (including phenoxy) is 1. The Morgan fingerprint density at radius 3 is 2.72 bits per heavy atom. The van der Waals surface area contributed by atoms with Crippen LogP contribution < -0.4 is 15.4 Å². The lowest BCUT2D eigenvalue weighted by atomic mass is 10.3. The van der Waals surface area contributed by atoms with E-state index in [2.05, 4.69) is 15.4 Å². The van der Waals surface area contributed by atoms with E-state index >= 15 is 0 Å². The van der Waals surface area contributed by atoms with E-state index in [-0.39, 0.29) is 23.8 Å². The van der Waals surface area contributed by atoms with Gasteiger partial charge in [0.1, 0.15) is 5.75 Å². The molecule has 1 rings (SSSR count). The lowest BCUT2D eigenvalue weighted by Gasteiger charge is -2.10. The lowest BCUT2D eigenvalue weighted by Crippen LogP contribution is -2.19. The first kappa shape index (κ1) is 14.3. The Morgan fingerprint density at radius 2 is 2.11 bits per heavy atom. The first-order valence-corrected chi connectivity index (χ1v) is 5.21. The third kappa shape index (κ3) is 5.53. The fraction of sp³-hybridized carbons (Fsp3) is 0.364. The molecule has 100 valence electrons. The number of halogens is 3. The molecule has 0 heterocycles. The Bertz CT molecular complexity index is 408. The molecule has 0 bridgehead atoms. The monoisotopic (exact) mass is 262 g/mol. The van der Waals surface area contributed by atoms with Crippen LogP contribution in [-0.4, -0.2) is 25.9 Å². The van der Waals surface area contributed by atoms with Crippen molar-refractivity contribution in [3.63, 3.8) is 0 Å². The predicted octanol–water partition coefficient (Wildman–Crippen LogP) is 2.13.